The van der Waals surface area contributed by atoms with Gasteiger partial charge in [-0.05, 0) is 28.8 Å². The van der Waals surface area contributed by atoms with Crippen LogP contribution in [0, 0.1) is 0 Å². The normalized spacial score (nSPS) is 17.7. The largest absolute Gasteiger partial charge is 0.0992 e. The molecule has 0 bridgehead atoms. The van der Waals surface area contributed by atoms with Gasteiger partial charge in [0.15, 0.2) is 0 Å². The Kier molecular flexibility index (Phi) is 1.97. The van der Waals surface area contributed by atoms with Gasteiger partial charge in [0.1, 0.15) is 0 Å². The van der Waals surface area contributed by atoms with Crippen molar-refractivity contribution in [1.29, 1.82) is 0 Å². The van der Waals surface area contributed by atoms with Gasteiger partial charge in [0.2, 0.25) is 0 Å². The molecule has 0 radical (unpaired) electrons. The third kappa shape index (κ3) is 1.23. The summed E-state index contributed by atoms with van der Waals surface area (Å²) < 4.78 is 0. The molecule has 0 aromatic heterocycles. The second-order valence-corrected chi connectivity index (χ2v) is 4.48. The molecule has 2 aromatic carbocycles. The smallest absolute Gasteiger partial charge is 0.0232 e. The van der Waals surface area contributed by atoms with Gasteiger partial charge in [-0.25, -0.2) is 0 Å². The van der Waals surface area contributed by atoms with Gasteiger partial charge in [0, 0.05) is 5.92 Å². The Balaban J connectivity index is 2.40. The average molecular weight is 206 g/mol. The first kappa shape index (κ1) is 9.41. The molecule has 0 saturated carbocycles. The highest BCUT2D eigenvalue weighted by atomic mass is 14.2. The molecule has 1 aliphatic rings. The Morgan fingerprint density at radius 2 is 1.88 bits per heavy atom. The van der Waals surface area contributed by atoms with Crippen molar-refractivity contribution < 1.29 is 0 Å². The van der Waals surface area contributed by atoms with Gasteiger partial charge < -0.3 is 0 Å². The lowest BCUT2D eigenvalue weighted by Gasteiger charge is -2.21. The number of rotatable bonds is 1. The number of hydrogen-bond donors (Lipinski definition) is 0. The number of allylic oxidation sites excluding steroid dienone is 2. The van der Waals surface area contributed by atoms with Crippen LogP contribution in [-0.4, -0.2) is 0 Å². The predicted molar refractivity (Wildman–Crippen MR) is 70.5 cm³/mol. The predicted octanol–water partition coefficient (Wildman–Crippen LogP) is 4.53. The van der Waals surface area contributed by atoms with Crippen molar-refractivity contribution in [2.75, 3.05) is 0 Å². The van der Waals surface area contributed by atoms with E-state index in [1.54, 1.807) is 0 Å². The van der Waals surface area contributed by atoms with E-state index in [0.29, 0.717) is 5.92 Å². The zero-order chi connectivity index (χ0) is 11.1. The molecule has 0 fully saturated rings. The summed E-state index contributed by atoms with van der Waals surface area (Å²) in [6.07, 6.45) is 4.47. The lowest BCUT2D eigenvalue weighted by Crippen LogP contribution is -2.01. The van der Waals surface area contributed by atoms with Crippen molar-refractivity contribution in [2.45, 2.75) is 12.8 Å². The molecule has 16 heavy (non-hydrogen) atoms. The first-order chi connectivity index (χ1) is 7.77. The molecule has 0 spiro atoms. The minimum atomic E-state index is 0.374. The monoisotopic (exact) mass is 206 g/mol. The molecule has 2 aromatic rings. The third-order valence-corrected chi connectivity index (χ3v) is 3.30. The molecule has 0 N–H and O–H groups in total. The number of hydrogen-bond acceptors (Lipinski definition) is 0. The number of benzene rings is 2. The van der Waals surface area contributed by atoms with E-state index in [2.05, 4.69) is 62.1 Å². The van der Waals surface area contributed by atoms with E-state index < -0.39 is 0 Å². The van der Waals surface area contributed by atoms with Gasteiger partial charge in [0.05, 0.1) is 0 Å². The molecular formula is C16H14. The molecular weight excluding hydrogens is 192 g/mol. The van der Waals surface area contributed by atoms with E-state index in [0.717, 1.165) is 0 Å². The molecule has 0 nitrogen and oxygen atoms in total. The lowest BCUT2D eigenvalue weighted by molar-refractivity contribution is 1.01. The topological polar surface area (TPSA) is 0 Å². The zero-order valence-electron chi connectivity index (χ0n) is 9.40. The van der Waals surface area contributed by atoms with Gasteiger partial charge in [-0.2, -0.15) is 0 Å². The summed E-state index contributed by atoms with van der Waals surface area (Å²) in [7, 11) is 0. The van der Waals surface area contributed by atoms with Gasteiger partial charge in [-0.15, -0.1) is 0 Å². The van der Waals surface area contributed by atoms with Crippen molar-refractivity contribution in [3.63, 3.8) is 0 Å². The molecule has 1 aliphatic carbocycles. The maximum Gasteiger partial charge on any atom is 0.0232 e. The zero-order valence-corrected chi connectivity index (χ0v) is 9.40. The summed E-state index contributed by atoms with van der Waals surface area (Å²) in [4.78, 5) is 0. The van der Waals surface area contributed by atoms with Crippen molar-refractivity contribution in [3.8, 4) is 0 Å². The Bertz CT molecular complexity index is 597. The summed E-state index contributed by atoms with van der Waals surface area (Å²) in [5.41, 5.74) is 3.92. The van der Waals surface area contributed by atoms with E-state index in [-0.39, 0.29) is 0 Å². The fourth-order valence-corrected chi connectivity index (χ4v) is 2.53. The Morgan fingerprint density at radius 1 is 1.12 bits per heavy atom. The van der Waals surface area contributed by atoms with E-state index in [1.165, 1.54) is 27.5 Å². The highest BCUT2D eigenvalue weighted by Crippen LogP contribution is 2.37. The summed E-state index contributed by atoms with van der Waals surface area (Å²) in [6.45, 7) is 6.19. The van der Waals surface area contributed by atoms with Crippen LogP contribution in [0.3, 0.4) is 0 Å². The Labute approximate surface area is 95.9 Å². The summed E-state index contributed by atoms with van der Waals surface area (Å²) in [5.74, 6) is 0.374. The molecule has 0 saturated heterocycles. The van der Waals surface area contributed by atoms with Gasteiger partial charge in [-0.3, -0.25) is 0 Å². The lowest BCUT2D eigenvalue weighted by atomic mass is 9.83. The highest BCUT2D eigenvalue weighted by Gasteiger charge is 2.17. The molecule has 1 unspecified atom stereocenters. The summed E-state index contributed by atoms with van der Waals surface area (Å²) in [5, 5.41) is 2.71. The molecule has 78 valence electrons. The summed E-state index contributed by atoms with van der Waals surface area (Å²) >= 11 is 0. The quantitative estimate of drug-likeness (QED) is 0.601. The first-order valence-electron chi connectivity index (χ1n) is 5.62. The third-order valence-electron chi connectivity index (χ3n) is 3.30. The van der Waals surface area contributed by atoms with Crippen LogP contribution in [0.25, 0.3) is 16.8 Å². The van der Waals surface area contributed by atoms with E-state index >= 15 is 0 Å². The first-order valence-corrected chi connectivity index (χ1v) is 5.62. The fourth-order valence-electron chi connectivity index (χ4n) is 2.53. The van der Waals surface area contributed by atoms with Crippen LogP contribution in [0.4, 0.5) is 0 Å². The second kappa shape index (κ2) is 3.34. The van der Waals surface area contributed by atoms with Crippen molar-refractivity contribution in [1.82, 2.24) is 0 Å². The van der Waals surface area contributed by atoms with Crippen molar-refractivity contribution in [2.24, 2.45) is 0 Å². The fraction of sp³-hybridized carbons (Fsp3) is 0.125. The molecule has 0 heteroatoms. The van der Waals surface area contributed by atoms with Crippen molar-refractivity contribution >= 4 is 16.8 Å². The summed E-state index contributed by atoms with van der Waals surface area (Å²) in [6, 6.07) is 13.0. The maximum atomic E-state index is 4.09. The minimum absolute atomic E-state index is 0.374. The Morgan fingerprint density at radius 3 is 2.62 bits per heavy atom. The van der Waals surface area contributed by atoms with Crippen LogP contribution in [0.2, 0.25) is 0 Å². The van der Waals surface area contributed by atoms with Crippen LogP contribution in [-0.2, 0) is 0 Å². The van der Waals surface area contributed by atoms with Gasteiger partial charge in [0.25, 0.3) is 0 Å². The van der Waals surface area contributed by atoms with Crippen LogP contribution in [0.5, 0.6) is 0 Å². The molecule has 0 heterocycles. The van der Waals surface area contributed by atoms with E-state index in [1.807, 2.05) is 0 Å². The molecule has 0 aliphatic heterocycles. The van der Waals surface area contributed by atoms with E-state index in [9.17, 15) is 0 Å². The van der Waals surface area contributed by atoms with Gasteiger partial charge in [-0.1, -0.05) is 60.7 Å². The van der Waals surface area contributed by atoms with Crippen LogP contribution in [0.15, 0.2) is 54.6 Å². The van der Waals surface area contributed by atoms with Crippen LogP contribution in [0.1, 0.15) is 24.0 Å². The van der Waals surface area contributed by atoms with E-state index in [4.69, 9.17) is 0 Å². The Hall–Kier alpha value is -1.82. The SMILES string of the molecule is C=C(C)C1C=Cc2cccc3cccc1c23. The highest BCUT2D eigenvalue weighted by molar-refractivity contribution is 5.96. The second-order valence-electron chi connectivity index (χ2n) is 4.48. The van der Waals surface area contributed by atoms with Gasteiger partial charge >= 0.3 is 0 Å². The van der Waals surface area contributed by atoms with Crippen LogP contribution < -0.4 is 0 Å². The molecule has 3 rings (SSSR count). The minimum Gasteiger partial charge on any atom is -0.0992 e. The van der Waals surface area contributed by atoms with Crippen LogP contribution >= 0.6 is 0 Å². The average Bonchev–Trinajstić information content (AvgIpc) is 2.30. The molecule has 0 amide bonds. The maximum absolute atomic E-state index is 4.09. The molecule has 1 atom stereocenters. The standard InChI is InChI=1S/C16H14/c1-11(2)14-10-9-13-6-3-5-12-7-4-8-15(14)16(12)13/h3-10,14H,1H2,2H3. The van der Waals surface area contributed by atoms with Crippen molar-refractivity contribution in [3.05, 3.63) is 65.8 Å².